The lowest BCUT2D eigenvalue weighted by atomic mass is 10.2. The Morgan fingerprint density at radius 1 is 1.00 bits per heavy atom. The first-order chi connectivity index (χ1) is 11.6. The highest BCUT2D eigenvalue weighted by molar-refractivity contribution is 9.10. The monoisotopic (exact) mass is 395 g/mol. The van der Waals surface area contributed by atoms with Crippen molar-refractivity contribution >= 4 is 15.9 Å². The molecule has 0 aliphatic rings. The van der Waals surface area contributed by atoms with Crippen molar-refractivity contribution in [1.82, 2.24) is 5.32 Å². The van der Waals surface area contributed by atoms with Gasteiger partial charge in [0.2, 0.25) is 0 Å². The number of rotatable bonds is 9. The zero-order valence-corrected chi connectivity index (χ0v) is 15.7. The predicted octanol–water partition coefficient (Wildman–Crippen LogP) is 5.07. The molecule has 0 saturated heterocycles. The SMILES string of the molecule is CCCOc1c(Br)cc(CNCc2ccc(F)cc2)cc1OCC. The summed E-state index contributed by atoms with van der Waals surface area (Å²) in [6, 6.07) is 10.5. The first-order valence-electron chi connectivity index (χ1n) is 8.17. The first-order valence-corrected chi connectivity index (χ1v) is 8.96. The third-order valence-electron chi connectivity index (χ3n) is 3.39. The molecule has 24 heavy (non-hydrogen) atoms. The second kappa shape index (κ2) is 9.64. The van der Waals surface area contributed by atoms with Crippen LogP contribution >= 0.6 is 15.9 Å². The number of ether oxygens (including phenoxy) is 2. The van der Waals surface area contributed by atoms with Gasteiger partial charge in [0.15, 0.2) is 11.5 Å². The standard InChI is InChI=1S/C19H23BrFNO2/c1-3-9-24-19-17(20)10-15(11-18(19)23-4-2)13-22-12-14-5-7-16(21)8-6-14/h5-8,10-11,22H,3-4,9,12-13H2,1-2H3. The molecular formula is C19H23BrFNO2. The van der Waals surface area contributed by atoms with Crippen molar-refractivity contribution < 1.29 is 13.9 Å². The molecule has 0 spiro atoms. The van der Waals surface area contributed by atoms with E-state index >= 15 is 0 Å². The van der Waals surface area contributed by atoms with Crippen LogP contribution in [-0.2, 0) is 13.1 Å². The molecule has 3 nitrogen and oxygen atoms in total. The molecule has 0 unspecified atom stereocenters. The second-order valence-electron chi connectivity index (χ2n) is 5.42. The van der Waals surface area contributed by atoms with Crippen LogP contribution in [0.3, 0.4) is 0 Å². The third-order valence-corrected chi connectivity index (χ3v) is 3.98. The van der Waals surface area contributed by atoms with E-state index in [2.05, 4.69) is 28.2 Å². The average Bonchev–Trinajstić information content (AvgIpc) is 2.56. The van der Waals surface area contributed by atoms with Gasteiger partial charge in [-0.1, -0.05) is 19.1 Å². The van der Waals surface area contributed by atoms with Crippen LogP contribution in [0.4, 0.5) is 4.39 Å². The highest BCUT2D eigenvalue weighted by Crippen LogP contribution is 2.37. The van der Waals surface area contributed by atoms with Crippen LogP contribution in [0.1, 0.15) is 31.4 Å². The minimum absolute atomic E-state index is 0.216. The molecule has 0 bridgehead atoms. The summed E-state index contributed by atoms with van der Waals surface area (Å²) in [6.45, 7) is 6.63. The van der Waals surface area contributed by atoms with Gasteiger partial charge in [-0.15, -0.1) is 0 Å². The lowest BCUT2D eigenvalue weighted by Gasteiger charge is -2.15. The molecule has 1 N–H and O–H groups in total. The van der Waals surface area contributed by atoms with E-state index in [1.165, 1.54) is 12.1 Å². The Labute approximate surface area is 151 Å². The van der Waals surface area contributed by atoms with Gasteiger partial charge in [-0.25, -0.2) is 4.39 Å². The van der Waals surface area contributed by atoms with E-state index in [0.717, 1.165) is 33.5 Å². The Bertz CT molecular complexity index is 647. The maximum atomic E-state index is 12.9. The van der Waals surface area contributed by atoms with E-state index in [1.807, 2.05) is 19.1 Å². The highest BCUT2D eigenvalue weighted by Gasteiger charge is 2.12. The van der Waals surface area contributed by atoms with Gasteiger partial charge >= 0.3 is 0 Å². The van der Waals surface area contributed by atoms with Crippen molar-refractivity contribution in [2.75, 3.05) is 13.2 Å². The van der Waals surface area contributed by atoms with Gasteiger partial charge in [-0.05, 0) is 64.7 Å². The first kappa shape index (κ1) is 18.7. The van der Waals surface area contributed by atoms with E-state index in [1.54, 1.807) is 12.1 Å². The molecule has 0 radical (unpaired) electrons. The number of nitrogens with one attached hydrogen (secondary N) is 1. The van der Waals surface area contributed by atoms with Crippen molar-refractivity contribution in [3.63, 3.8) is 0 Å². The molecule has 0 heterocycles. The van der Waals surface area contributed by atoms with Crippen LogP contribution in [0.2, 0.25) is 0 Å². The van der Waals surface area contributed by atoms with E-state index in [-0.39, 0.29) is 5.82 Å². The zero-order valence-electron chi connectivity index (χ0n) is 14.1. The number of halogens is 2. The van der Waals surface area contributed by atoms with Gasteiger partial charge in [0, 0.05) is 13.1 Å². The summed E-state index contributed by atoms with van der Waals surface area (Å²) in [5, 5.41) is 3.36. The Balaban J connectivity index is 2.02. The van der Waals surface area contributed by atoms with Gasteiger partial charge in [-0.3, -0.25) is 0 Å². The number of benzene rings is 2. The molecule has 0 atom stereocenters. The van der Waals surface area contributed by atoms with Gasteiger partial charge in [0.05, 0.1) is 17.7 Å². The molecule has 0 amide bonds. The van der Waals surface area contributed by atoms with Crippen LogP contribution in [0.5, 0.6) is 11.5 Å². The van der Waals surface area contributed by atoms with Gasteiger partial charge < -0.3 is 14.8 Å². The fourth-order valence-electron chi connectivity index (χ4n) is 2.28. The van der Waals surface area contributed by atoms with Crippen LogP contribution in [0.25, 0.3) is 0 Å². The summed E-state index contributed by atoms with van der Waals surface area (Å²) in [4.78, 5) is 0. The summed E-state index contributed by atoms with van der Waals surface area (Å²) in [5.74, 6) is 1.28. The summed E-state index contributed by atoms with van der Waals surface area (Å²) in [7, 11) is 0. The van der Waals surface area contributed by atoms with E-state index in [9.17, 15) is 4.39 Å². The fourth-order valence-corrected chi connectivity index (χ4v) is 2.89. The molecule has 0 aromatic heterocycles. The minimum atomic E-state index is -0.216. The zero-order chi connectivity index (χ0) is 17.4. The maximum absolute atomic E-state index is 12.9. The van der Waals surface area contributed by atoms with Crippen molar-refractivity contribution in [3.05, 3.63) is 57.8 Å². The Hall–Kier alpha value is -1.59. The molecule has 0 aliphatic carbocycles. The largest absolute Gasteiger partial charge is 0.490 e. The summed E-state index contributed by atoms with van der Waals surface area (Å²) in [6.07, 6.45) is 0.943. The normalized spacial score (nSPS) is 10.7. The van der Waals surface area contributed by atoms with Crippen molar-refractivity contribution in [3.8, 4) is 11.5 Å². The van der Waals surface area contributed by atoms with Crippen molar-refractivity contribution in [1.29, 1.82) is 0 Å². The van der Waals surface area contributed by atoms with E-state index in [4.69, 9.17) is 9.47 Å². The van der Waals surface area contributed by atoms with Crippen molar-refractivity contribution in [2.45, 2.75) is 33.4 Å². The second-order valence-corrected chi connectivity index (χ2v) is 6.27. The predicted molar refractivity (Wildman–Crippen MR) is 98.0 cm³/mol. The molecule has 2 aromatic rings. The average molecular weight is 396 g/mol. The lowest BCUT2D eigenvalue weighted by molar-refractivity contribution is 0.275. The molecule has 130 valence electrons. The number of hydrogen-bond donors (Lipinski definition) is 1. The summed E-state index contributed by atoms with van der Waals surface area (Å²) >= 11 is 3.57. The Morgan fingerprint density at radius 3 is 2.38 bits per heavy atom. The molecule has 5 heteroatoms. The van der Waals surface area contributed by atoms with E-state index < -0.39 is 0 Å². The lowest BCUT2D eigenvalue weighted by Crippen LogP contribution is -2.13. The summed E-state index contributed by atoms with van der Waals surface area (Å²) < 4.78 is 25.3. The molecule has 0 fully saturated rings. The maximum Gasteiger partial charge on any atom is 0.175 e. The van der Waals surface area contributed by atoms with E-state index in [0.29, 0.717) is 26.3 Å². The molecule has 2 aromatic carbocycles. The molecule has 0 aliphatic heterocycles. The minimum Gasteiger partial charge on any atom is -0.490 e. The topological polar surface area (TPSA) is 30.5 Å². The van der Waals surface area contributed by atoms with Crippen LogP contribution in [0.15, 0.2) is 40.9 Å². The quantitative estimate of drug-likeness (QED) is 0.642. The molecular weight excluding hydrogens is 373 g/mol. The van der Waals surface area contributed by atoms with Gasteiger partial charge in [0.25, 0.3) is 0 Å². The highest BCUT2D eigenvalue weighted by atomic mass is 79.9. The number of hydrogen-bond acceptors (Lipinski definition) is 3. The van der Waals surface area contributed by atoms with Gasteiger partial charge in [-0.2, -0.15) is 0 Å². The van der Waals surface area contributed by atoms with Crippen molar-refractivity contribution in [2.24, 2.45) is 0 Å². The Morgan fingerprint density at radius 2 is 1.71 bits per heavy atom. The van der Waals surface area contributed by atoms with Crippen LogP contribution in [0, 0.1) is 5.82 Å². The smallest absolute Gasteiger partial charge is 0.175 e. The summed E-state index contributed by atoms with van der Waals surface area (Å²) in [5.41, 5.74) is 2.14. The van der Waals surface area contributed by atoms with Gasteiger partial charge in [0.1, 0.15) is 5.82 Å². The third kappa shape index (κ3) is 5.49. The van der Waals surface area contributed by atoms with Crippen LogP contribution < -0.4 is 14.8 Å². The Kier molecular flexibility index (Phi) is 7.53. The molecule has 2 rings (SSSR count). The fraction of sp³-hybridized carbons (Fsp3) is 0.368. The van der Waals surface area contributed by atoms with Crippen LogP contribution in [-0.4, -0.2) is 13.2 Å². The molecule has 0 saturated carbocycles.